The number of hydrogen-bond donors (Lipinski definition) is 0. The fraction of sp³-hybridized carbons (Fsp3) is 0. The summed E-state index contributed by atoms with van der Waals surface area (Å²) in [5, 5.41) is 9.40. The number of ether oxygens (including phenoxy) is 1. The Kier molecular flexibility index (Phi) is 3.40. The highest BCUT2D eigenvalue weighted by molar-refractivity contribution is 5.89. The second-order valence-corrected chi connectivity index (χ2v) is 6.84. The summed E-state index contributed by atoms with van der Waals surface area (Å²) >= 11 is 0. The molecule has 0 saturated carbocycles. The van der Waals surface area contributed by atoms with E-state index in [1.165, 1.54) is 0 Å². The summed E-state index contributed by atoms with van der Waals surface area (Å²) in [6, 6.07) is 32.2. The molecule has 1 aliphatic heterocycles. The van der Waals surface area contributed by atoms with Crippen molar-refractivity contribution in [3.05, 3.63) is 97.1 Å². The minimum Gasteiger partial charge on any atom is -0.453 e. The molecular weight excluding hydrogens is 360 g/mol. The first-order chi connectivity index (χ1) is 14.4. The van der Waals surface area contributed by atoms with Crippen molar-refractivity contribution in [1.82, 2.24) is 15.0 Å². The zero-order valence-electron chi connectivity index (χ0n) is 15.4. The van der Waals surface area contributed by atoms with Crippen molar-refractivity contribution in [3.63, 3.8) is 0 Å². The van der Waals surface area contributed by atoms with Gasteiger partial charge in [-0.25, -0.2) is 0 Å². The lowest BCUT2D eigenvalue weighted by Gasteiger charge is -2.33. The number of aromatic nitrogens is 3. The van der Waals surface area contributed by atoms with Gasteiger partial charge in [-0.3, -0.25) is 0 Å². The molecule has 1 aromatic heterocycles. The summed E-state index contributed by atoms with van der Waals surface area (Å²) in [5.74, 6) is 1.64. The van der Waals surface area contributed by atoms with E-state index in [1.54, 1.807) is 4.80 Å². The minimum atomic E-state index is 0.819. The van der Waals surface area contributed by atoms with E-state index in [0.717, 1.165) is 45.3 Å². The van der Waals surface area contributed by atoms with Gasteiger partial charge in [-0.05, 0) is 48.5 Å². The predicted octanol–water partition coefficient (Wildman–Crippen LogP) is 6.00. The lowest BCUT2D eigenvalue weighted by atomic mass is 10.1. The van der Waals surface area contributed by atoms with Crippen molar-refractivity contribution in [1.29, 1.82) is 0 Å². The SMILES string of the molecule is c1ccc2c(c1)Oc1ccccc1N2c1ccccc1-n1nc2ccccc2n1. The molecule has 0 radical (unpaired) electrons. The van der Waals surface area contributed by atoms with Crippen LogP contribution in [0.25, 0.3) is 16.7 Å². The van der Waals surface area contributed by atoms with E-state index in [9.17, 15) is 0 Å². The molecule has 5 nitrogen and oxygen atoms in total. The van der Waals surface area contributed by atoms with Crippen molar-refractivity contribution < 1.29 is 4.74 Å². The van der Waals surface area contributed by atoms with Crippen LogP contribution in [0.4, 0.5) is 17.1 Å². The lowest BCUT2D eigenvalue weighted by Crippen LogP contribution is -2.18. The molecule has 0 N–H and O–H groups in total. The fourth-order valence-corrected chi connectivity index (χ4v) is 3.75. The maximum atomic E-state index is 6.14. The Bertz CT molecular complexity index is 1280. The normalized spacial score (nSPS) is 12.3. The average molecular weight is 376 g/mol. The Morgan fingerprint density at radius 2 is 0.931 bits per heavy atom. The maximum Gasteiger partial charge on any atom is 0.151 e. The quantitative estimate of drug-likeness (QED) is 0.372. The van der Waals surface area contributed by atoms with E-state index >= 15 is 0 Å². The topological polar surface area (TPSA) is 43.2 Å². The Balaban J connectivity index is 1.61. The third-order valence-corrected chi connectivity index (χ3v) is 5.06. The molecular formula is C24H16N4O. The Morgan fingerprint density at radius 3 is 1.52 bits per heavy atom. The van der Waals surface area contributed by atoms with Gasteiger partial charge in [0.05, 0.1) is 17.1 Å². The van der Waals surface area contributed by atoms with Crippen LogP contribution in [0.15, 0.2) is 97.1 Å². The first-order valence-electron chi connectivity index (χ1n) is 9.46. The van der Waals surface area contributed by atoms with E-state index in [1.807, 2.05) is 78.9 Å². The zero-order chi connectivity index (χ0) is 19.2. The molecule has 0 spiro atoms. The molecule has 1 aliphatic rings. The van der Waals surface area contributed by atoms with Crippen LogP contribution in [0.3, 0.4) is 0 Å². The third-order valence-electron chi connectivity index (χ3n) is 5.06. The van der Waals surface area contributed by atoms with Crippen LogP contribution in [-0.2, 0) is 0 Å². The van der Waals surface area contributed by atoms with Crippen LogP contribution in [0.1, 0.15) is 0 Å². The molecule has 2 heterocycles. The van der Waals surface area contributed by atoms with Crippen molar-refractivity contribution in [2.45, 2.75) is 0 Å². The Labute approximate surface area is 167 Å². The number of hydrogen-bond acceptors (Lipinski definition) is 4. The van der Waals surface area contributed by atoms with Gasteiger partial charge in [-0.1, -0.05) is 48.5 Å². The third kappa shape index (κ3) is 2.48. The number of rotatable bonds is 2. The van der Waals surface area contributed by atoms with Crippen molar-refractivity contribution in [2.75, 3.05) is 4.90 Å². The molecule has 0 aliphatic carbocycles. The van der Waals surface area contributed by atoms with Crippen LogP contribution in [0.2, 0.25) is 0 Å². The Hall–Kier alpha value is -4.12. The molecule has 0 atom stereocenters. The monoisotopic (exact) mass is 376 g/mol. The molecule has 0 bridgehead atoms. The summed E-state index contributed by atoms with van der Waals surface area (Å²) in [7, 11) is 0. The molecule has 138 valence electrons. The second-order valence-electron chi connectivity index (χ2n) is 6.84. The highest BCUT2D eigenvalue weighted by Gasteiger charge is 2.27. The summed E-state index contributed by atoms with van der Waals surface area (Å²) in [5.41, 5.74) is 5.58. The first-order valence-corrected chi connectivity index (χ1v) is 9.46. The van der Waals surface area contributed by atoms with Gasteiger partial charge < -0.3 is 9.64 Å². The number of benzene rings is 4. The summed E-state index contributed by atoms with van der Waals surface area (Å²) in [6.45, 7) is 0. The maximum absolute atomic E-state index is 6.14. The lowest BCUT2D eigenvalue weighted by molar-refractivity contribution is 0.477. The van der Waals surface area contributed by atoms with E-state index in [0.29, 0.717) is 0 Å². The first kappa shape index (κ1) is 15.9. The van der Waals surface area contributed by atoms with Gasteiger partial charge in [0, 0.05) is 0 Å². The second kappa shape index (κ2) is 6.21. The molecule has 0 fully saturated rings. The van der Waals surface area contributed by atoms with Crippen LogP contribution in [-0.4, -0.2) is 15.0 Å². The van der Waals surface area contributed by atoms with Gasteiger partial charge >= 0.3 is 0 Å². The molecule has 5 aromatic rings. The van der Waals surface area contributed by atoms with Crippen LogP contribution < -0.4 is 9.64 Å². The largest absolute Gasteiger partial charge is 0.453 e. The minimum absolute atomic E-state index is 0.819. The van der Waals surface area contributed by atoms with Gasteiger partial charge in [0.2, 0.25) is 0 Å². The Morgan fingerprint density at radius 1 is 0.483 bits per heavy atom. The highest BCUT2D eigenvalue weighted by Crippen LogP contribution is 2.51. The van der Waals surface area contributed by atoms with Crippen LogP contribution in [0, 0.1) is 0 Å². The number of anilines is 3. The zero-order valence-corrected chi connectivity index (χ0v) is 15.4. The van der Waals surface area contributed by atoms with Gasteiger partial charge in [0.25, 0.3) is 0 Å². The van der Waals surface area contributed by atoms with E-state index < -0.39 is 0 Å². The highest BCUT2D eigenvalue weighted by atomic mass is 16.5. The van der Waals surface area contributed by atoms with Gasteiger partial charge in [-0.15, -0.1) is 15.0 Å². The van der Waals surface area contributed by atoms with Crippen molar-refractivity contribution in [2.24, 2.45) is 0 Å². The molecule has 0 unspecified atom stereocenters. The van der Waals surface area contributed by atoms with Gasteiger partial charge in [0.15, 0.2) is 11.5 Å². The smallest absolute Gasteiger partial charge is 0.151 e. The van der Waals surface area contributed by atoms with Crippen LogP contribution in [0.5, 0.6) is 11.5 Å². The number of para-hydroxylation sites is 6. The molecule has 0 amide bonds. The average Bonchev–Trinajstić information content (AvgIpc) is 3.21. The molecule has 5 heteroatoms. The standard InChI is InChI=1S/C24H16N4O/c1-2-10-18-17(9-1)25-28(26-18)20-12-4-3-11-19(20)27-21-13-5-7-15-23(21)29-24-16-8-6-14-22(24)27/h1-16H. The molecule has 6 rings (SSSR count). The van der Waals surface area contributed by atoms with Crippen molar-refractivity contribution in [3.8, 4) is 17.2 Å². The van der Waals surface area contributed by atoms with Crippen molar-refractivity contribution >= 4 is 28.1 Å². The van der Waals surface area contributed by atoms with E-state index in [-0.39, 0.29) is 0 Å². The summed E-state index contributed by atoms with van der Waals surface area (Å²) in [6.07, 6.45) is 0. The molecule has 0 saturated heterocycles. The predicted molar refractivity (Wildman–Crippen MR) is 114 cm³/mol. The van der Waals surface area contributed by atoms with Gasteiger partial charge in [0.1, 0.15) is 16.7 Å². The van der Waals surface area contributed by atoms with E-state index in [4.69, 9.17) is 14.9 Å². The molecule has 29 heavy (non-hydrogen) atoms. The number of fused-ring (bicyclic) bond motifs is 3. The summed E-state index contributed by atoms with van der Waals surface area (Å²) in [4.78, 5) is 3.91. The summed E-state index contributed by atoms with van der Waals surface area (Å²) < 4.78 is 6.14. The van der Waals surface area contributed by atoms with Crippen LogP contribution >= 0.6 is 0 Å². The van der Waals surface area contributed by atoms with E-state index in [2.05, 4.69) is 23.1 Å². The van der Waals surface area contributed by atoms with Gasteiger partial charge in [-0.2, -0.15) is 0 Å². The molecule has 4 aromatic carbocycles. The fourth-order valence-electron chi connectivity index (χ4n) is 3.75. The number of nitrogens with zero attached hydrogens (tertiary/aromatic N) is 4.